The zero-order chi connectivity index (χ0) is 15.2. The Morgan fingerprint density at radius 1 is 1.24 bits per heavy atom. The first kappa shape index (κ1) is 15.4. The van der Waals surface area contributed by atoms with Crippen molar-refractivity contribution < 1.29 is 4.92 Å². The molecule has 4 nitrogen and oxygen atoms in total. The number of nitro benzene ring substituents is 1. The van der Waals surface area contributed by atoms with E-state index in [1.807, 2.05) is 25.1 Å². The fraction of sp³-hybridized carbons (Fsp3) is 0.250. The number of rotatable bonds is 6. The van der Waals surface area contributed by atoms with E-state index in [2.05, 4.69) is 30.4 Å². The number of nitro groups is 1. The molecule has 0 heterocycles. The summed E-state index contributed by atoms with van der Waals surface area (Å²) < 4.78 is 0. The summed E-state index contributed by atoms with van der Waals surface area (Å²) in [5, 5.41) is 14.0. The zero-order valence-electron chi connectivity index (χ0n) is 12.1. The van der Waals surface area contributed by atoms with Crippen LogP contribution in [0.4, 0.5) is 11.4 Å². The van der Waals surface area contributed by atoms with E-state index in [-0.39, 0.29) is 10.6 Å². The lowest BCUT2D eigenvalue weighted by Gasteiger charge is -2.08. The summed E-state index contributed by atoms with van der Waals surface area (Å²) in [6, 6.07) is 13.6. The van der Waals surface area contributed by atoms with E-state index >= 15 is 0 Å². The average molecular weight is 302 g/mol. The Labute approximate surface area is 128 Å². The number of hydrogen-bond donors (Lipinski definition) is 1. The van der Waals surface area contributed by atoms with E-state index < -0.39 is 0 Å². The van der Waals surface area contributed by atoms with Crippen LogP contribution in [-0.2, 0) is 5.75 Å². The van der Waals surface area contributed by atoms with Crippen LogP contribution >= 0.6 is 11.8 Å². The highest BCUT2D eigenvalue weighted by Gasteiger charge is 2.13. The summed E-state index contributed by atoms with van der Waals surface area (Å²) in [5.41, 5.74) is 3.02. The van der Waals surface area contributed by atoms with Gasteiger partial charge in [0.05, 0.1) is 4.92 Å². The van der Waals surface area contributed by atoms with Crippen molar-refractivity contribution in [3.05, 3.63) is 63.7 Å². The molecule has 0 atom stereocenters. The van der Waals surface area contributed by atoms with Gasteiger partial charge >= 0.3 is 0 Å². The molecule has 0 fully saturated rings. The van der Waals surface area contributed by atoms with Crippen LogP contribution in [0.25, 0.3) is 0 Å². The number of hydrogen-bond acceptors (Lipinski definition) is 4. The third-order valence-corrected chi connectivity index (χ3v) is 4.08. The van der Waals surface area contributed by atoms with Crippen molar-refractivity contribution in [2.45, 2.75) is 24.5 Å². The normalized spacial score (nSPS) is 10.4. The standard InChI is InChI=1S/C16H18N2O2S/c1-3-17-15-10-13(7-8-16(15)18(19)20)11-21-14-6-4-5-12(2)9-14/h4-10,17H,3,11H2,1-2H3. The molecule has 0 aliphatic rings. The van der Waals surface area contributed by atoms with Crippen LogP contribution in [0.5, 0.6) is 0 Å². The summed E-state index contributed by atoms with van der Waals surface area (Å²) in [7, 11) is 0. The first-order chi connectivity index (χ1) is 10.1. The number of nitrogens with zero attached hydrogens (tertiary/aromatic N) is 1. The van der Waals surface area contributed by atoms with E-state index in [0.29, 0.717) is 12.2 Å². The van der Waals surface area contributed by atoms with Crippen LogP contribution in [0, 0.1) is 17.0 Å². The molecule has 2 aromatic carbocycles. The lowest BCUT2D eigenvalue weighted by atomic mass is 10.2. The third-order valence-electron chi connectivity index (χ3n) is 3.02. The molecule has 0 aromatic heterocycles. The summed E-state index contributed by atoms with van der Waals surface area (Å²) in [4.78, 5) is 11.8. The SMILES string of the molecule is CCNc1cc(CSc2cccc(C)c2)ccc1[N+](=O)[O-]. The number of nitrogens with one attached hydrogen (secondary N) is 1. The second-order valence-corrected chi connectivity index (χ2v) is 5.79. The first-order valence-electron chi connectivity index (χ1n) is 6.81. The van der Waals surface area contributed by atoms with Crippen molar-refractivity contribution in [2.24, 2.45) is 0 Å². The monoisotopic (exact) mass is 302 g/mol. The predicted octanol–water partition coefficient (Wildman–Crippen LogP) is 4.63. The van der Waals surface area contributed by atoms with Gasteiger partial charge in [-0.15, -0.1) is 11.8 Å². The second kappa shape index (κ2) is 7.13. The average Bonchev–Trinajstić information content (AvgIpc) is 2.45. The predicted molar refractivity (Wildman–Crippen MR) is 88.0 cm³/mol. The van der Waals surface area contributed by atoms with Crippen LogP contribution in [-0.4, -0.2) is 11.5 Å². The molecule has 21 heavy (non-hydrogen) atoms. The van der Waals surface area contributed by atoms with Gasteiger partial charge in [-0.1, -0.05) is 23.8 Å². The lowest BCUT2D eigenvalue weighted by Crippen LogP contribution is -2.01. The van der Waals surface area contributed by atoms with Crippen molar-refractivity contribution in [1.29, 1.82) is 0 Å². The fourth-order valence-electron chi connectivity index (χ4n) is 2.04. The fourth-order valence-corrected chi connectivity index (χ4v) is 2.99. The van der Waals surface area contributed by atoms with Gasteiger partial charge in [0.25, 0.3) is 5.69 Å². The summed E-state index contributed by atoms with van der Waals surface area (Å²) in [6.07, 6.45) is 0. The Hall–Kier alpha value is -2.01. The Kier molecular flexibility index (Phi) is 5.22. The molecule has 1 N–H and O–H groups in total. The van der Waals surface area contributed by atoms with Gasteiger partial charge in [-0.3, -0.25) is 10.1 Å². The molecule has 2 rings (SSSR count). The maximum atomic E-state index is 11.0. The zero-order valence-corrected chi connectivity index (χ0v) is 12.9. The molecule has 5 heteroatoms. The minimum atomic E-state index is -0.352. The molecule has 0 bridgehead atoms. The van der Waals surface area contributed by atoms with E-state index in [1.165, 1.54) is 10.5 Å². The molecular formula is C16H18N2O2S. The maximum absolute atomic E-state index is 11.0. The molecule has 0 aliphatic heterocycles. The maximum Gasteiger partial charge on any atom is 0.292 e. The quantitative estimate of drug-likeness (QED) is 0.480. The number of aryl methyl sites for hydroxylation is 1. The number of benzene rings is 2. The minimum absolute atomic E-state index is 0.126. The Morgan fingerprint density at radius 3 is 2.71 bits per heavy atom. The lowest BCUT2D eigenvalue weighted by molar-refractivity contribution is -0.384. The van der Waals surface area contributed by atoms with Crippen LogP contribution in [0.1, 0.15) is 18.1 Å². The van der Waals surface area contributed by atoms with E-state index in [1.54, 1.807) is 17.8 Å². The molecule has 0 aliphatic carbocycles. The molecule has 0 spiro atoms. The van der Waals surface area contributed by atoms with Gasteiger partial charge in [-0.05, 0) is 37.6 Å². The molecule has 2 aromatic rings. The number of thioether (sulfide) groups is 1. The van der Waals surface area contributed by atoms with Gasteiger partial charge in [0.2, 0.25) is 0 Å². The first-order valence-corrected chi connectivity index (χ1v) is 7.79. The van der Waals surface area contributed by atoms with E-state index in [0.717, 1.165) is 11.3 Å². The van der Waals surface area contributed by atoms with Crippen molar-refractivity contribution >= 4 is 23.1 Å². The van der Waals surface area contributed by atoms with E-state index in [4.69, 9.17) is 0 Å². The Morgan fingerprint density at radius 2 is 2.05 bits per heavy atom. The molecule has 110 valence electrons. The van der Waals surface area contributed by atoms with Crippen molar-refractivity contribution in [2.75, 3.05) is 11.9 Å². The third kappa shape index (κ3) is 4.23. The van der Waals surface area contributed by atoms with Gasteiger partial charge in [0.15, 0.2) is 0 Å². The van der Waals surface area contributed by atoms with Crippen LogP contribution in [0.15, 0.2) is 47.4 Å². The second-order valence-electron chi connectivity index (χ2n) is 4.74. The van der Waals surface area contributed by atoms with Gasteiger partial charge in [0, 0.05) is 23.3 Å². The highest BCUT2D eigenvalue weighted by atomic mass is 32.2. The Bertz CT molecular complexity index is 644. The van der Waals surface area contributed by atoms with Gasteiger partial charge in [-0.25, -0.2) is 0 Å². The highest BCUT2D eigenvalue weighted by molar-refractivity contribution is 7.98. The largest absolute Gasteiger partial charge is 0.380 e. The molecule has 0 unspecified atom stereocenters. The van der Waals surface area contributed by atoms with Crippen molar-refractivity contribution in [3.63, 3.8) is 0 Å². The highest BCUT2D eigenvalue weighted by Crippen LogP contribution is 2.29. The van der Waals surface area contributed by atoms with Crippen LogP contribution in [0.3, 0.4) is 0 Å². The van der Waals surface area contributed by atoms with Crippen LogP contribution in [0.2, 0.25) is 0 Å². The van der Waals surface area contributed by atoms with Crippen molar-refractivity contribution in [1.82, 2.24) is 0 Å². The Balaban J connectivity index is 2.13. The van der Waals surface area contributed by atoms with Gasteiger partial charge < -0.3 is 5.32 Å². The minimum Gasteiger partial charge on any atom is -0.380 e. The van der Waals surface area contributed by atoms with E-state index in [9.17, 15) is 10.1 Å². The molecule has 0 saturated heterocycles. The summed E-state index contributed by atoms with van der Waals surface area (Å²) >= 11 is 1.73. The molecule has 0 radical (unpaired) electrons. The van der Waals surface area contributed by atoms with Crippen molar-refractivity contribution in [3.8, 4) is 0 Å². The number of anilines is 1. The smallest absolute Gasteiger partial charge is 0.292 e. The van der Waals surface area contributed by atoms with Gasteiger partial charge in [0.1, 0.15) is 5.69 Å². The summed E-state index contributed by atoms with van der Waals surface area (Å²) in [5.74, 6) is 0.792. The molecule has 0 saturated carbocycles. The topological polar surface area (TPSA) is 55.2 Å². The molecular weight excluding hydrogens is 284 g/mol. The van der Waals surface area contributed by atoms with Gasteiger partial charge in [-0.2, -0.15) is 0 Å². The summed E-state index contributed by atoms with van der Waals surface area (Å²) in [6.45, 7) is 4.66. The molecule has 0 amide bonds. The van der Waals surface area contributed by atoms with Crippen LogP contribution < -0.4 is 5.32 Å².